The molecule has 0 saturated heterocycles. The largest absolute Gasteiger partial charge is 0.488 e. The number of carbonyl (C=O) groups is 2. The van der Waals surface area contributed by atoms with E-state index in [0.717, 1.165) is 22.4 Å². The lowest BCUT2D eigenvalue weighted by molar-refractivity contribution is 0.0994. The van der Waals surface area contributed by atoms with Crippen molar-refractivity contribution in [1.82, 2.24) is 15.2 Å². The number of pyridine rings is 1. The van der Waals surface area contributed by atoms with Gasteiger partial charge in [-0.05, 0) is 48.9 Å². The van der Waals surface area contributed by atoms with Gasteiger partial charge in [-0.25, -0.2) is 0 Å². The number of hydrogen-bond donors (Lipinski definition) is 3. The molecule has 4 N–H and O–H groups in total. The minimum absolute atomic E-state index is 0.180. The molecule has 0 spiro atoms. The van der Waals surface area contributed by atoms with E-state index in [1.165, 1.54) is 0 Å². The lowest BCUT2D eigenvalue weighted by Gasteiger charge is -2.10. The average molecular weight is 427 g/mol. The van der Waals surface area contributed by atoms with Crippen molar-refractivity contribution in [3.05, 3.63) is 95.3 Å². The van der Waals surface area contributed by atoms with Gasteiger partial charge in [0.05, 0.1) is 11.3 Å². The van der Waals surface area contributed by atoms with E-state index >= 15 is 0 Å². The van der Waals surface area contributed by atoms with Crippen LogP contribution in [0.15, 0.2) is 73.1 Å². The topological polar surface area (TPSA) is 123 Å². The maximum atomic E-state index is 12.8. The summed E-state index contributed by atoms with van der Waals surface area (Å²) in [7, 11) is 0. The molecule has 2 aromatic heterocycles. The molecule has 0 bridgehead atoms. The van der Waals surface area contributed by atoms with E-state index in [4.69, 9.17) is 10.5 Å². The van der Waals surface area contributed by atoms with Crippen LogP contribution in [0.5, 0.6) is 5.75 Å². The molecule has 32 heavy (non-hydrogen) atoms. The number of nitrogens with zero attached hydrogens (tertiary/aromatic N) is 2. The van der Waals surface area contributed by atoms with Crippen LogP contribution in [0.3, 0.4) is 0 Å². The molecule has 160 valence electrons. The van der Waals surface area contributed by atoms with E-state index in [1.807, 2.05) is 25.1 Å². The smallest absolute Gasteiger partial charge is 0.256 e. The maximum Gasteiger partial charge on any atom is 0.256 e. The first-order valence-corrected chi connectivity index (χ1v) is 9.90. The van der Waals surface area contributed by atoms with E-state index < -0.39 is 5.91 Å². The van der Waals surface area contributed by atoms with Gasteiger partial charge in [0, 0.05) is 29.1 Å². The second-order valence-electron chi connectivity index (χ2n) is 7.11. The number of ether oxygens (including phenoxy) is 1. The first kappa shape index (κ1) is 20.8. The van der Waals surface area contributed by atoms with E-state index in [1.54, 1.807) is 54.9 Å². The lowest BCUT2D eigenvalue weighted by atomic mass is 10.1. The summed E-state index contributed by atoms with van der Waals surface area (Å²) in [5.41, 5.74) is 9.50. The molecule has 2 aromatic carbocycles. The minimum Gasteiger partial charge on any atom is -0.488 e. The molecule has 8 heteroatoms. The van der Waals surface area contributed by atoms with Crippen molar-refractivity contribution >= 4 is 17.6 Å². The molecule has 4 rings (SSSR count). The number of H-pyrrole nitrogens is 1. The third-order valence-corrected chi connectivity index (χ3v) is 4.95. The highest BCUT2D eigenvalue weighted by atomic mass is 16.5. The van der Waals surface area contributed by atoms with Crippen LogP contribution < -0.4 is 15.8 Å². The second kappa shape index (κ2) is 9.13. The van der Waals surface area contributed by atoms with E-state index in [9.17, 15) is 9.59 Å². The van der Waals surface area contributed by atoms with Gasteiger partial charge in [0.15, 0.2) is 5.82 Å². The van der Waals surface area contributed by atoms with Gasteiger partial charge in [-0.3, -0.25) is 19.7 Å². The van der Waals surface area contributed by atoms with Crippen molar-refractivity contribution in [2.45, 2.75) is 13.5 Å². The Hall–Kier alpha value is -4.46. The third kappa shape index (κ3) is 4.49. The van der Waals surface area contributed by atoms with Gasteiger partial charge in [-0.2, -0.15) is 5.10 Å². The van der Waals surface area contributed by atoms with Gasteiger partial charge in [0.25, 0.3) is 11.8 Å². The molecular weight excluding hydrogens is 406 g/mol. The van der Waals surface area contributed by atoms with Crippen molar-refractivity contribution in [3.8, 4) is 17.0 Å². The van der Waals surface area contributed by atoms with Gasteiger partial charge < -0.3 is 15.8 Å². The molecule has 0 aliphatic rings. The highest BCUT2D eigenvalue weighted by Gasteiger charge is 2.15. The Labute approximate surface area is 184 Å². The number of benzene rings is 2. The fraction of sp³-hybridized carbons (Fsp3) is 0.0833. The van der Waals surface area contributed by atoms with Crippen molar-refractivity contribution in [2.24, 2.45) is 5.73 Å². The number of nitrogens with one attached hydrogen (secondary N) is 2. The Morgan fingerprint density at radius 1 is 1.06 bits per heavy atom. The zero-order chi connectivity index (χ0) is 22.5. The number of aromatic amines is 1. The number of nitrogens with two attached hydrogens (primary N) is 1. The van der Waals surface area contributed by atoms with Gasteiger partial charge >= 0.3 is 0 Å². The quantitative estimate of drug-likeness (QED) is 0.415. The van der Waals surface area contributed by atoms with Crippen LogP contribution in [-0.2, 0) is 6.61 Å². The first-order valence-electron chi connectivity index (χ1n) is 9.90. The number of carbonyl (C=O) groups excluding carboxylic acids is 2. The van der Waals surface area contributed by atoms with Crippen LogP contribution >= 0.6 is 0 Å². The summed E-state index contributed by atoms with van der Waals surface area (Å²) in [6, 6.07) is 17.5. The molecule has 0 aliphatic carbocycles. The Balaban J connectivity index is 1.47. The zero-order valence-corrected chi connectivity index (χ0v) is 17.3. The molecule has 0 unspecified atom stereocenters. The molecule has 2 heterocycles. The summed E-state index contributed by atoms with van der Waals surface area (Å²) < 4.78 is 5.75. The Morgan fingerprint density at radius 2 is 1.84 bits per heavy atom. The summed E-state index contributed by atoms with van der Waals surface area (Å²) in [4.78, 5) is 28.4. The summed E-state index contributed by atoms with van der Waals surface area (Å²) in [5.74, 6) is -0.000931. The molecule has 0 aliphatic heterocycles. The van der Waals surface area contributed by atoms with Gasteiger partial charge in [-0.1, -0.05) is 24.3 Å². The Bertz CT molecular complexity index is 1270. The lowest BCUT2D eigenvalue weighted by Crippen LogP contribution is -2.14. The van der Waals surface area contributed by atoms with Crippen molar-refractivity contribution in [2.75, 3.05) is 5.32 Å². The van der Waals surface area contributed by atoms with Gasteiger partial charge in [0.2, 0.25) is 0 Å². The number of aromatic nitrogens is 3. The number of hydrogen-bond acceptors (Lipinski definition) is 5. The summed E-state index contributed by atoms with van der Waals surface area (Å²) in [6.07, 6.45) is 3.40. The van der Waals surface area contributed by atoms with Crippen LogP contribution in [0.1, 0.15) is 31.8 Å². The summed E-state index contributed by atoms with van der Waals surface area (Å²) in [5, 5.41) is 10.0. The van der Waals surface area contributed by atoms with Crippen LogP contribution in [0.4, 0.5) is 5.82 Å². The number of anilines is 1. The minimum atomic E-state index is -0.561. The third-order valence-electron chi connectivity index (χ3n) is 4.95. The van der Waals surface area contributed by atoms with Crippen molar-refractivity contribution in [3.63, 3.8) is 0 Å². The van der Waals surface area contributed by atoms with Crippen LogP contribution in [0.2, 0.25) is 0 Å². The zero-order valence-electron chi connectivity index (χ0n) is 17.3. The second-order valence-corrected chi connectivity index (χ2v) is 7.11. The van der Waals surface area contributed by atoms with Gasteiger partial charge in [0.1, 0.15) is 12.4 Å². The Morgan fingerprint density at radius 3 is 2.62 bits per heavy atom. The summed E-state index contributed by atoms with van der Waals surface area (Å²) in [6.45, 7) is 2.06. The van der Waals surface area contributed by atoms with Crippen LogP contribution in [-0.4, -0.2) is 27.0 Å². The molecule has 0 atom stereocenters. The molecule has 4 aromatic rings. The van der Waals surface area contributed by atoms with Crippen LogP contribution in [0, 0.1) is 6.92 Å². The Kier molecular flexibility index (Phi) is 5.94. The van der Waals surface area contributed by atoms with E-state index in [2.05, 4.69) is 20.5 Å². The SMILES string of the molecule is Cc1c(NC(=O)c2cccc(COc3ccccc3C(N)=O)c2)n[nH]c1-c1ccncc1. The molecule has 8 nitrogen and oxygen atoms in total. The van der Waals surface area contributed by atoms with E-state index in [0.29, 0.717) is 22.7 Å². The molecule has 0 saturated carbocycles. The molecular formula is C24H21N5O3. The fourth-order valence-electron chi connectivity index (χ4n) is 3.26. The number of amides is 2. The summed E-state index contributed by atoms with van der Waals surface area (Å²) >= 11 is 0. The standard InChI is InChI=1S/C24H21N5O3/c1-15-21(17-9-11-26-12-10-17)28-29-23(15)27-24(31)18-6-4-5-16(13-18)14-32-20-8-3-2-7-19(20)22(25)30/h2-13H,14H2,1H3,(H2,25,30)(H2,27,28,29,31). The highest BCUT2D eigenvalue weighted by Crippen LogP contribution is 2.25. The first-order chi connectivity index (χ1) is 15.5. The maximum absolute atomic E-state index is 12.8. The number of rotatable bonds is 7. The number of para-hydroxylation sites is 1. The van der Waals surface area contributed by atoms with Crippen molar-refractivity contribution in [1.29, 1.82) is 0 Å². The van der Waals surface area contributed by atoms with Gasteiger partial charge in [-0.15, -0.1) is 0 Å². The number of primary amides is 1. The van der Waals surface area contributed by atoms with E-state index in [-0.39, 0.29) is 12.5 Å². The predicted octanol–water partition coefficient (Wildman–Crippen LogP) is 3.71. The molecule has 2 amide bonds. The average Bonchev–Trinajstić information content (AvgIpc) is 3.18. The van der Waals surface area contributed by atoms with Crippen molar-refractivity contribution < 1.29 is 14.3 Å². The highest BCUT2D eigenvalue weighted by molar-refractivity contribution is 6.04. The predicted molar refractivity (Wildman–Crippen MR) is 120 cm³/mol. The normalized spacial score (nSPS) is 10.5. The van der Waals surface area contributed by atoms with Crippen LogP contribution in [0.25, 0.3) is 11.3 Å². The fourth-order valence-corrected chi connectivity index (χ4v) is 3.26. The monoisotopic (exact) mass is 427 g/mol. The molecule has 0 fully saturated rings. The molecule has 0 radical (unpaired) electrons.